The Hall–Kier alpha value is -0.300. The Kier molecular flexibility index (Phi) is 1.10. The lowest BCUT2D eigenvalue weighted by atomic mass is 9.77. The van der Waals surface area contributed by atoms with E-state index in [2.05, 4.69) is 11.0 Å². The zero-order valence-corrected chi connectivity index (χ0v) is 8.13. The Labute approximate surface area is 79.8 Å². The van der Waals surface area contributed by atoms with Crippen LogP contribution in [0, 0.1) is 11.3 Å². The van der Waals surface area contributed by atoms with Crippen LogP contribution in [0.2, 0.25) is 0 Å². The van der Waals surface area contributed by atoms with Crippen LogP contribution in [0.15, 0.2) is 11.6 Å². The number of rotatable bonds is 0. The molecule has 4 rings (SSSR count). The Bertz CT molecular complexity index is 293. The van der Waals surface area contributed by atoms with Gasteiger partial charge in [0.15, 0.2) is 0 Å². The average molecular weight is 175 g/mol. The van der Waals surface area contributed by atoms with E-state index in [4.69, 9.17) is 0 Å². The van der Waals surface area contributed by atoms with E-state index in [0.29, 0.717) is 5.41 Å². The van der Waals surface area contributed by atoms with Gasteiger partial charge in [-0.05, 0) is 38.1 Å². The summed E-state index contributed by atoms with van der Waals surface area (Å²) in [5, 5.41) is 0. The second kappa shape index (κ2) is 2.03. The van der Waals surface area contributed by atoms with Gasteiger partial charge in [-0.1, -0.05) is 18.1 Å². The van der Waals surface area contributed by atoms with Gasteiger partial charge in [0.1, 0.15) is 0 Å². The molecule has 2 heterocycles. The fourth-order valence-corrected chi connectivity index (χ4v) is 4.39. The molecule has 3 bridgehead atoms. The first-order valence-corrected chi connectivity index (χ1v) is 5.83. The van der Waals surface area contributed by atoms with Crippen LogP contribution >= 0.6 is 0 Å². The Balaban J connectivity index is 1.82. The Morgan fingerprint density at radius 2 is 2.31 bits per heavy atom. The van der Waals surface area contributed by atoms with Crippen LogP contribution in [-0.4, -0.2) is 24.0 Å². The van der Waals surface area contributed by atoms with Gasteiger partial charge in [-0.15, -0.1) is 0 Å². The summed E-state index contributed by atoms with van der Waals surface area (Å²) in [7, 11) is 0. The van der Waals surface area contributed by atoms with E-state index >= 15 is 0 Å². The first kappa shape index (κ1) is 7.05. The van der Waals surface area contributed by atoms with E-state index in [0.717, 1.165) is 12.0 Å². The zero-order chi connectivity index (χ0) is 8.47. The van der Waals surface area contributed by atoms with Crippen molar-refractivity contribution < 1.29 is 0 Å². The van der Waals surface area contributed by atoms with Crippen molar-refractivity contribution in [3.8, 4) is 0 Å². The molecular weight excluding hydrogens is 158 g/mol. The summed E-state index contributed by atoms with van der Waals surface area (Å²) in [5.41, 5.74) is 2.53. The molecule has 2 aliphatic carbocycles. The highest BCUT2D eigenvalue weighted by Gasteiger charge is 2.56. The van der Waals surface area contributed by atoms with E-state index in [1.807, 2.05) is 5.57 Å². The molecule has 0 saturated carbocycles. The van der Waals surface area contributed by atoms with Crippen molar-refractivity contribution in [1.29, 1.82) is 0 Å². The van der Waals surface area contributed by atoms with Crippen molar-refractivity contribution in [2.75, 3.05) is 13.1 Å². The molecular formula is C12H17N. The molecule has 2 aliphatic heterocycles. The molecule has 0 N–H and O–H groups in total. The second-order valence-electron chi connectivity index (χ2n) is 5.59. The van der Waals surface area contributed by atoms with Crippen LogP contribution in [0.3, 0.4) is 0 Å². The maximum atomic E-state index is 2.77. The quantitative estimate of drug-likeness (QED) is 0.510. The first-order chi connectivity index (χ1) is 6.36. The van der Waals surface area contributed by atoms with E-state index in [1.54, 1.807) is 0 Å². The summed E-state index contributed by atoms with van der Waals surface area (Å²) in [6.45, 7) is 2.79. The van der Waals surface area contributed by atoms with Crippen LogP contribution in [0.4, 0.5) is 0 Å². The van der Waals surface area contributed by atoms with E-state index in [-0.39, 0.29) is 0 Å². The van der Waals surface area contributed by atoms with Gasteiger partial charge in [-0.3, -0.25) is 4.90 Å². The summed E-state index contributed by atoms with van der Waals surface area (Å²) in [6, 6.07) is 0.902. The van der Waals surface area contributed by atoms with Gasteiger partial charge in [0.25, 0.3) is 0 Å². The maximum Gasteiger partial charge on any atom is 0.0319 e. The largest absolute Gasteiger partial charge is 0.296 e. The standard InChI is InChI=1S/C12H17N/c1-2-4-13-8-12-5-9(3-1)10(6-12)11(13)7-12/h6,9,11H,1-5,7-8H2. The fourth-order valence-electron chi connectivity index (χ4n) is 4.39. The van der Waals surface area contributed by atoms with Crippen molar-refractivity contribution in [1.82, 2.24) is 4.90 Å². The predicted octanol–water partition coefficient (Wildman–Crippen LogP) is 2.19. The molecule has 0 aromatic heterocycles. The van der Waals surface area contributed by atoms with Crippen LogP contribution < -0.4 is 0 Å². The molecule has 2 fully saturated rings. The molecule has 0 aromatic carbocycles. The van der Waals surface area contributed by atoms with Crippen molar-refractivity contribution in [2.45, 2.75) is 38.1 Å². The van der Waals surface area contributed by atoms with Crippen molar-refractivity contribution in [2.24, 2.45) is 11.3 Å². The number of hydrogen-bond donors (Lipinski definition) is 0. The molecule has 0 radical (unpaired) electrons. The molecule has 0 amide bonds. The van der Waals surface area contributed by atoms with Gasteiger partial charge in [-0.25, -0.2) is 0 Å². The minimum Gasteiger partial charge on any atom is -0.296 e. The molecule has 1 spiro atoms. The minimum atomic E-state index is 0.676. The monoisotopic (exact) mass is 175 g/mol. The third-order valence-electron chi connectivity index (χ3n) is 4.79. The third kappa shape index (κ3) is 0.735. The molecule has 70 valence electrons. The Morgan fingerprint density at radius 1 is 1.31 bits per heavy atom. The molecule has 13 heavy (non-hydrogen) atoms. The normalized spacial score (nSPS) is 52.5. The van der Waals surface area contributed by atoms with Gasteiger partial charge >= 0.3 is 0 Å². The van der Waals surface area contributed by atoms with Gasteiger partial charge in [0, 0.05) is 18.0 Å². The average Bonchev–Trinajstić information content (AvgIpc) is 2.74. The van der Waals surface area contributed by atoms with E-state index < -0.39 is 0 Å². The highest BCUT2D eigenvalue weighted by Crippen LogP contribution is 2.60. The smallest absolute Gasteiger partial charge is 0.0319 e. The fraction of sp³-hybridized carbons (Fsp3) is 0.833. The lowest BCUT2D eigenvalue weighted by molar-refractivity contribution is 0.247. The first-order valence-electron chi connectivity index (χ1n) is 5.83. The number of nitrogens with zero attached hydrogens (tertiary/aromatic N) is 1. The summed E-state index contributed by atoms with van der Waals surface area (Å²) in [6.07, 6.45) is 10.1. The van der Waals surface area contributed by atoms with Gasteiger partial charge in [0.05, 0.1) is 0 Å². The predicted molar refractivity (Wildman–Crippen MR) is 52.5 cm³/mol. The molecule has 2 saturated heterocycles. The lowest BCUT2D eigenvalue weighted by Crippen LogP contribution is -2.35. The second-order valence-corrected chi connectivity index (χ2v) is 5.59. The van der Waals surface area contributed by atoms with Crippen LogP contribution in [-0.2, 0) is 0 Å². The topological polar surface area (TPSA) is 3.24 Å². The molecule has 1 heteroatoms. The van der Waals surface area contributed by atoms with Crippen molar-refractivity contribution >= 4 is 0 Å². The summed E-state index contributed by atoms with van der Waals surface area (Å²) >= 11 is 0. The van der Waals surface area contributed by atoms with Crippen molar-refractivity contribution in [3.63, 3.8) is 0 Å². The summed E-state index contributed by atoms with van der Waals surface area (Å²) in [4.78, 5) is 2.77. The third-order valence-corrected chi connectivity index (χ3v) is 4.79. The molecule has 3 atom stereocenters. The number of hydrogen-bond acceptors (Lipinski definition) is 1. The summed E-state index contributed by atoms with van der Waals surface area (Å²) in [5.74, 6) is 1.00. The van der Waals surface area contributed by atoms with E-state index in [1.165, 1.54) is 45.2 Å². The maximum absolute atomic E-state index is 2.77. The van der Waals surface area contributed by atoms with Crippen molar-refractivity contribution in [3.05, 3.63) is 11.6 Å². The highest BCUT2D eigenvalue weighted by molar-refractivity contribution is 5.37. The molecule has 4 aliphatic rings. The summed E-state index contributed by atoms with van der Waals surface area (Å²) < 4.78 is 0. The minimum absolute atomic E-state index is 0.676. The van der Waals surface area contributed by atoms with Gasteiger partial charge in [0.2, 0.25) is 0 Å². The van der Waals surface area contributed by atoms with Crippen LogP contribution in [0.25, 0.3) is 0 Å². The van der Waals surface area contributed by atoms with E-state index in [9.17, 15) is 0 Å². The molecule has 1 nitrogen and oxygen atoms in total. The lowest BCUT2D eigenvalue weighted by Gasteiger charge is -2.31. The molecule has 3 unspecified atom stereocenters. The SMILES string of the molecule is C1=C2C3CCCCN4CC1(C3)CC24. The van der Waals surface area contributed by atoms with Gasteiger partial charge < -0.3 is 0 Å². The van der Waals surface area contributed by atoms with Crippen LogP contribution in [0.1, 0.15) is 32.1 Å². The highest BCUT2D eigenvalue weighted by atomic mass is 15.2. The van der Waals surface area contributed by atoms with Crippen LogP contribution in [0.5, 0.6) is 0 Å². The molecule has 0 aromatic rings. The Morgan fingerprint density at radius 3 is 3.31 bits per heavy atom. The van der Waals surface area contributed by atoms with Gasteiger partial charge in [-0.2, -0.15) is 0 Å². The zero-order valence-electron chi connectivity index (χ0n) is 8.13.